The van der Waals surface area contributed by atoms with E-state index in [2.05, 4.69) is 21.0 Å². The Balaban J connectivity index is 1.61. The molecule has 1 aromatic carbocycles. The minimum atomic E-state index is -3.17. The molecule has 8 heteroatoms. The number of nitrogens with one attached hydrogen (secondary N) is 1. The molecular formula is C25H26N4O3S. The molecule has 33 heavy (non-hydrogen) atoms. The Kier molecular flexibility index (Phi) is 5.54. The minimum absolute atomic E-state index is 0.130. The van der Waals surface area contributed by atoms with E-state index in [-0.39, 0.29) is 5.75 Å². The number of aryl methyl sites for hydroxylation is 1. The number of hydrogen-bond acceptors (Lipinski definition) is 5. The Morgan fingerprint density at radius 2 is 2.18 bits per heavy atom. The number of H-pyrrole nitrogens is 1. The number of fused-ring (bicyclic) bond motifs is 3. The highest BCUT2D eigenvalue weighted by molar-refractivity contribution is 7.92. The van der Waals surface area contributed by atoms with Gasteiger partial charge in [-0.15, -0.1) is 0 Å². The summed E-state index contributed by atoms with van der Waals surface area (Å²) in [5.74, 6) is 0.868. The summed E-state index contributed by atoms with van der Waals surface area (Å²) >= 11 is 0. The summed E-state index contributed by atoms with van der Waals surface area (Å²) in [6.07, 6.45) is 13.6. The maximum atomic E-state index is 12.6. The van der Waals surface area contributed by atoms with Crippen molar-refractivity contribution in [1.29, 1.82) is 0 Å². The smallest absolute Gasteiger partial charge is 0.156 e. The van der Waals surface area contributed by atoms with Gasteiger partial charge in [0.25, 0.3) is 0 Å². The highest BCUT2D eigenvalue weighted by Gasteiger charge is 2.24. The summed E-state index contributed by atoms with van der Waals surface area (Å²) in [5, 5.41) is 1.48. The first-order valence-corrected chi connectivity index (χ1v) is 12.8. The number of pyridine rings is 1. The van der Waals surface area contributed by atoms with Crippen LogP contribution in [0.25, 0.3) is 27.5 Å². The van der Waals surface area contributed by atoms with Crippen molar-refractivity contribution in [2.45, 2.75) is 32.1 Å². The monoisotopic (exact) mass is 462 g/mol. The maximum absolute atomic E-state index is 12.6. The molecule has 5 rings (SSSR count). The second-order valence-corrected chi connectivity index (χ2v) is 10.8. The van der Waals surface area contributed by atoms with Gasteiger partial charge in [-0.25, -0.2) is 18.4 Å². The first kappa shape index (κ1) is 21.5. The zero-order valence-electron chi connectivity index (χ0n) is 18.7. The van der Waals surface area contributed by atoms with Gasteiger partial charge in [-0.2, -0.15) is 0 Å². The van der Waals surface area contributed by atoms with Gasteiger partial charge in [0.05, 0.1) is 23.6 Å². The molecule has 170 valence electrons. The summed E-state index contributed by atoms with van der Waals surface area (Å²) in [6, 6.07) is 6.06. The molecule has 0 fully saturated rings. The maximum Gasteiger partial charge on any atom is 0.156 e. The van der Waals surface area contributed by atoms with Crippen molar-refractivity contribution in [2.24, 2.45) is 0 Å². The molecule has 1 N–H and O–H groups in total. The molecule has 7 nitrogen and oxygen atoms in total. The molecule has 3 aromatic heterocycles. The molecule has 0 aliphatic heterocycles. The van der Waals surface area contributed by atoms with Gasteiger partial charge in [-0.05, 0) is 48.2 Å². The summed E-state index contributed by atoms with van der Waals surface area (Å²) in [7, 11) is -3.17. The van der Waals surface area contributed by atoms with E-state index < -0.39 is 15.1 Å². The average Bonchev–Trinajstić information content (AvgIpc) is 3.47. The van der Waals surface area contributed by atoms with Crippen LogP contribution in [0, 0.1) is 6.92 Å². The van der Waals surface area contributed by atoms with Crippen molar-refractivity contribution in [3.63, 3.8) is 0 Å². The predicted molar refractivity (Wildman–Crippen MR) is 131 cm³/mol. The number of aromatic amines is 1. The van der Waals surface area contributed by atoms with Crippen LogP contribution in [0.5, 0.6) is 5.75 Å². The SMILES string of the molecule is CCS(=O)(=O)C1C=C(c2ccc(OCCn3ccnc3)c3[nH]c4ncc(C)cc4c23)C=CC1. The summed E-state index contributed by atoms with van der Waals surface area (Å²) in [5.41, 5.74) is 4.57. The van der Waals surface area contributed by atoms with Crippen LogP contribution in [0.2, 0.25) is 0 Å². The van der Waals surface area contributed by atoms with Crippen molar-refractivity contribution >= 4 is 37.3 Å². The lowest BCUT2D eigenvalue weighted by Crippen LogP contribution is -2.22. The molecule has 4 aromatic rings. The molecule has 0 spiro atoms. The molecule has 1 atom stereocenters. The van der Waals surface area contributed by atoms with Crippen LogP contribution >= 0.6 is 0 Å². The van der Waals surface area contributed by atoms with E-state index in [9.17, 15) is 8.42 Å². The summed E-state index contributed by atoms with van der Waals surface area (Å²) in [6.45, 7) is 4.89. The van der Waals surface area contributed by atoms with Gasteiger partial charge in [-0.1, -0.05) is 25.2 Å². The van der Waals surface area contributed by atoms with Gasteiger partial charge in [0, 0.05) is 35.1 Å². The van der Waals surface area contributed by atoms with E-state index in [1.54, 1.807) is 19.4 Å². The third kappa shape index (κ3) is 4.06. The van der Waals surface area contributed by atoms with Gasteiger partial charge in [0.2, 0.25) is 0 Å². The quantitative estimate of drug-likeness (QED) is 0.438. The summed E-state index contributed by atoms with van der Waals surface area (Å²) in [4.78, 5) is 12.1. The summed E-state index contributed by atoms with van der Waals surface area (Å²) < 4.78 is 33.2. The van der Waals surface area contributed by atoms with E-state index in [0.29, 0.717) is 19.6 Å². The van der Waals surface area contributed by atoms with E-state index >= 15 is 0 Å². The van der Waals surface area contributed by atoms with Crippen LogP contribution in [-0.2, 0) is 16.4 Å². The predicted octanol–water partition coefficient (Wildman–Crippen LogP) is 4.45. The first-order chi connectivity index (χ1) is 16.0. The largest absolute Gasteiger partial charge is 0.490 e. The molecule has 1 aliphatic carbocycles. The van der Waals surface area contributed by atoms with Gasteiger partial charge in [0.15, 0.2) is 9.84 Å². The molecule has 1 aliphatic rings. The van der Waals surface area contributed by atoms with Crippen molar-refractivity contribution < 1.29 is 13.2 Å². The molecule has 0 saturated carbocycles. The van der Waals surface area contributed by atoms with Crippen LogP contribution in [0.15, 0.2) is 61.3 Å². The van der Waals surface area contributed by atoms with Crippen molar-refractivity contribution in [2.75, 3.05) is 12.4 Å². The lowest BCUT2D eigenvalue weighted by molar-refractivity contribution is 0.301. The molecule has 1 unspecified atom stereocenters. The van der Waals surface area contributed by atoms with E-state index in [0.717, 1.165) is 44.4 Å². The molecular weight excluding hydrogens is 436 g/mol. The normalized spacial score (nSPS) is 16.4. The minimum Gasteiger partial charge on any atom is -0.490 e. The first-order valence-electron chi connectivity index (χ1n) is 11.1. The number of hydrogen-bond donors (Lipinski definition) is 1. The number of allylic oxidation sites excluding steroid dienone is 3. The number of sulfone groups is 1. The Labute approximate surface area is 192 Å². The second kappa shape index (κ2) is 8.51. The zero-order valence-corrected chi connectivity index (χ0v) is 19.5. The number of rotatable bonds is 7. The molecule has 0 bridgehead atoms. The Morgan fingerprint density at radius 1 is 1.30 bits per heavy atom. The van der Waals surface area contributed by atoms with E-state index in [4.69, 9.17) is 4.74 Å². The van der Waals surface area contributed by atoms with Gasteiger partial charge < -0.3 is 14.3 Å². The fraction of sp³-hybridized carbons (Fsp3) is 0.280. The van der Waals surface area contributed by atoms with E-state index in [1.165, 1.54) is 0 Å². The Morgan fingerprint density at radius 3 is 2.97 bits per heavy atom. The Hall–Kier alpha value is -3.39. The van der Waals surface area contributed by atoms with Gasteiger partial charge >= 0.3 is 0 Å². The third-order valence-electron chi connectivity index (χ3n) is 6.08. The van der Waals surface area contributed by atoms with Crippen molar-refractivity contribution in [3.05, 3.63) is 72.5 Å². The van der Waals surface area contributed by atoms with Crippen molar-refractivity contribution in [1.82, 2.24) is 19.5 Å². The van der Waals surface area contributed by atoms with Crippen LogP contribution in [0.1, 0.15) is 24.5 Å². The standard InChI is InChI=1S/C25H26N4O3S/c1-3-33(30,31)19-6-4-5-18(14-19)20-7-8-22(32-12-11-29-10-9-26-16-29)24-23(20)21-13-17(2)15-27-25(21)28-24/h4-5,7-10,13-16,19H,3,6,11-12H2,1-2H3,(H,27,28). The molecule has 3 heterocycles. The molecule has 0 saturated heterocycles. The number of aromatic nitrogens is 4. The highest BCUT2D eigenvalue weighted by atomic mass is 32.2. The molecule has 0 radical (unpaired) electrons. The topological polar surface area (TPSA) is 89.9 Å². The van der Waals surface area contributed by atoms with E-state index in [1.807, 2.05) is 54.2 Å². The fourth-order valence-electron chi connectivity index (χ4n) is 4.30. The third-order valence-corrected chi connectivity index (χ3v) is 8.13. The lowest BCUT2D eigenvalue weighted by atomic mass is 9.95. The number of imidazole rings is 1. The zero-order chi connectivity index (χ0) is 23.0. The Bertz CT molecular complexity index is 1480. The fourth-order valence-corrected chi connectivity index (χ4v) is 5.49. The number of benzene rings is 1. The van der Waals surface area contributed by atoms with Crippen LogP contribution in [-0.4, -0.2) is 45.5 Å². The van der Waals surface area contributed by atoms with Crippen LogP contribution in [0.3, 0.4) is 0 Å². The number of nitrogens with zero attached hydrogens (tertiary/aromatic N) is 3. The van der Waals surface area contributed by atoms with Crippen LogP contribution in [0.4, 0.5) is 0 Å². The number of ether oxygens (including phenoxy) is 1. The van der Waals surface area contributed by atoms with Crippen molar-refractivity contribution in [3.8, 4) is 5.75 Å². The van der Waals surface area contributed by atoms with Gasteiger partial charge in [0.1, 0.15) is 18.0 Å². The van der Waals surface area contributed by atoms with Gasteiger partial charge in [-0.3, -0.25) is 0 Å². The lowest BCUT2D eigenvalue weighted by Gasteiger charge is -2.18. The second-order valence-electron chi connectivity index (χ2n) is 8.29. The van der Waals surface area contributed by atoms with Crippen LogP contribution < -0.4 is 4.74 Å². The molecule has 0 amide bonds. The average molecular weight is 463 g/mol. The highest BCUT2D eigenvalue weighted by Crippen LogP contribution is 2.38.